The summed E-state index contributed by atoms with van der Waals surface area (Å²) in [5.74, 6) is 0.177. The van der Waals surface area contributed by atoms with Crippen LogP contribution in [0.15, 0.2) is 42.6 Å². The molecule has 3 N–H and O–H groups in total. The lowest BCUT2D eigenvalue weighted by Crippen LogP contribution is -2.45. The normalized spacial score (nSPS) is 18.6. The van der Waals surface area contributed by atoms with Gasteiger partial charge in [0.1, 0.15) is 24.4 Å². The number of halogens is 2. The molecule has 0 bridgehead atoms. The van der Waals surface area contributed by atoms with Crippen LogP contribution in [0.4, 0.5) is 10.3 Å². The van der Waals surface area contributed by atoms with Crippen molar-refractivity contribution < 1.29 is 23.8 Å². The Morgan fingerprint density at radius 1 is 1.23 bits per heavy atom. The highest BCUT2D eigenvalue weighted by Gasteiger charge is 2.35. The van der Waals surface area contributed by atoms with Crippen molar-refractivity contribution in [1.29, 1.82) is 0 Å². The Bertz CT molecular complexity index is 1470. The van der Waals surface area contributed by atoms with Gasteiger partial charge in [-0.1, -0.05) is 23.7 Å². The maximum absolute atomic E-state index is 14.4. The van der Waals surface area contributed by atoms with Gasteiger partial charge < -0.3 is 30.1 Å². The molecule has 3 heterocycles. The molecule has 1 saturated heterocycles. The van der Waals surface area contributed by atoms with Crippen molar-refractivity contribution in [2.45, 2.75) is 57.6 Å². The third-order valence-electron chi connectivity index (χ3n) is 8.10. The van der Waals surface area contributed by atoms with Gasteiger partial charge in [0, 0.05) is 49.5 Å². The summed E-state index contributed by atoms with van der Waals surface area (Å²) >= 11 is 6.51. The van der Waals surface area contributed by atoms with Crippen LogP contribution in [0.5, 0.6) is 5.75 Å². The Hall–Kier alpha value is -3.35. The van der Waals surface area contributed by atoms with Gasteiger partial charge in [0.05, 0.1) is 29.0 Å². The second-order valence-corrected chi connectivity index (χ2v) is 12.1. The number of likely N-dealkylation sites (N-methyl/N-ethyl adjacent to an activating group) is 1. The molecule has 5 rings (SSSR count). The number of fused-ring (bicyclic) bond motifs is 1. The molecule has 2 aliphatic heterocycles. The van der Waals surface area contributed by atoms with E-state index in [1.807, 2.05) is 37.2 Å². The number of amides is 1. The minimum absolute atomic E-state index is 0.230. The van der Waals surface area contributed by atoms with E-state index in [1.54, 1.807) is 31.0 Å². The zero-order valence-corrected chi connectivity index (χ0v) is 26.3. The summed E-state index contributed by atoms with van der Waals surface area (Å²) in [7, 11) is 3.87. The predicted molar refractivity (Wildman–Crippen MR) is 167 cm³/mol. The van der Waals surface area contributed by atoms with Crippen LogP contribution in [0.1, 0.15) is 55.6 Å². The maximum atomic E-state index is 14.4. The lowest BCUT2D eigenvalue weighted by Gasteiger charge is -2.28. The largest absolute Gasteiger partial charge is 0.492 e. The number of nitrogens with zero attached hydrogens (tertiary/aromatic N) is 4. The van der Waals surface area contributed by atoms with E-state index in [-0.39, 0.29) is 11.9 Å². The lowest BCUT2D eigenvalue weighted by atomic mass is 10.0. The van der Waals surface area contributed by atoms with Crippen LogP contribution in [0.25, 0.3) is 11.3 Å². The Morgan fingerprint density at radius 3 is 2.75 bits per heavy atom. The van der Waals surface area contributed by atoms with E-state index in [0.717, 1.165) is 24.0 Å². The molecular formula is C32H40ClFN6O4. The van der Waals surface area contributed by atoms with Gasteiger partial charge in [-0.15, -0.1) is 0 Å². The maximum Gasteiger partial charge on any atom is 0.237 e. The van der Waals surface area contributed by atoms with Gasteiger partial charge in [-0.2, -0.15) is 0 Å². The van der Waals surface area contributed by atoms with Crippen LogP contribution in [-0.2, 0) is 16.1 Å². The molecule has 1 unspecified atom stereocenters. The molecular weight excluding hydrogens is 587 g/mol. The third kappa shape index (κ3) is 7.65. The van der Waals surface area contributed by atoms with Gasteiger partial charge in [0.2, 0.25) is 11.9 Å². The zero-order chi connectivity index (χ0) is 31.4. The number of aromatic nitrogens is 2. The van der Waals surface area contributed by atoms with Gasteiger partial charge in [0.25, 0.3) is 0 Å². The van der Waals surface area contributed by atoms with E-state index >= 15 is 0 Å². The smallest absolute Gasteiger partial charge is 0.237 e. The van der Waals surface area contributed by atoms with Crippen LogP contribution in [0, 0.1) is 5.82 Å². The fourth-order valence-electron chi connectivity index (χ4n) is 5.43. The van der Waals surface area contributed by atoms with E-state index in [4.69, 9.17) is 21.1 Å². The molecule has 2 aliphatic rings. The number of aliphatic hydroxyl groups is 1. The van der Waals surface area contributed by atoms with E-state index in [1.165, 1.54) is 12.1 Å². The molecule has 1 aromatic heterocycles. The van der Waals surface area contributed by atoms with Crippen molar-refractivity contribution >= 4 is 23.5 Å². The van der Waals surface area contributed by atoms with E-state index in [9.17, 15) is 14.3 Å². The van der Waals surface area contributed by atoms with Crippen molar-refractivity contribution in [3.63, 3.8) is 0 Å². The van der Waals surface area contributed by atoms with Crippen molar-refractivity contribution in [2.75, 3.05) is 45.8 Å². The number of ether oxygens (including phenoxy) is 2. The number of rotatable bonds is 11. The quantitative estimate of drug-likeness (QED) is 0.282. The van der Waals surface area contributed by atoms with Gasteiger partial charge in [-0.3, -0.25) is 9.69 Å². The van der Waals surface area contributed by atoms with E-state index in [0.29, 0.717) is 66.5 Å². The van der Waals surface area contributed by atoms with Gasteiger partial charge in [-0.25, -0.2) is 14.4 Å². The second kappa shape index (κ2) is 14.2. The van der Waals surface area contributed by atoms with Crippen LogP contribution >= 0.6 is 11.6 Å². The number of hydrogen-bond donors (Lipinski definition) is 3. The summed E-state index contributed by atoms with van der Waals surface area (Å²) in [5.41, 5.74) is 3.49. The lowest BCUT2D eigenvalue weighted by molar-refractivity contribution is -0.131. The predicted octanol–water partition coefficient (Wildman–Crippen LogP) is 4.54. The molecule has 2 aromatic carbocycles. The van der Waals surface area contributed by atoms with Crippen molar-refractivity contribution in [3.8, 4) is 17.0 Å². The summed E-state index contributed by atoms with van der Waals surface area (Å²) < 4.78 is 25.5. The highest BCUT2D eigenvalue weighted by Crippen LogP contribution is 2.37. The summed E-state index contributed by atoms with van der Waals surface area (Å²) in [6, 6.07) is 9.25. The van der Waals surface area contributed by atoms with Crippen LogP contribution in [0.2, 0.25) is 5.02 Å². The van der Waals surface area contributed by atoms with Crippen molar-refractivity contribution in [3.05, 3.63) is 70.1 Å². The number of hydrogen-bond acceptors (Lipinski definition) is 9. The monoisotopic (exact) mass is 626 g/mol. The van der Waals surface area contributed by atoms with Gasteiger partial charge >= 0.3 is 0 Å². The van der Waals surface area contributed by atoms with E-state index < -0.39 is 24.1 Å². The molecule has 3 aromatic rings. The number of aliphatic hydroxyl groups excluding tert-OH is 1. The summed E-state index contributed by atoms with van der Waals surface area (Å²) in [5, 5.41) is 18.0. The van der Waals surface area contributed by atoms with Gasteiger partial charge in [-0.05, 0) is 70.1 Å². The summed E-state index contributed by atoms with van der Waals surface area (Å²) in [6.45, 7) is 6.43. The molecule has 1 amide bonds. The summed E-state index contributed by atoms with van der Waals surface area (Å²) in [4.78, 5) is 26.0. The molecule has 0 spiro atoms. The molecule has 44 heavy (non-hydrogen) atoms. The third-order valence-corrected chi connectivity index (χ3v) is 8.38. The van der Waals surface area contributed by atoms with Crippen molar-refractivity contribution in [2.24, 2.45) is 0 Å². The topological polar surface area (TPSA) is 112 Å². The molecule has 12 heteroatoms. The van der Waals surface area contributed by atoms with Crippen LogP contribution in [0.3, 0.4) is 0 Å². The molecule has 10 nitrogen and oxygen atoms in total. The first-order valence-electron chi connectivity index (χ1n) is 14.9. The molecule has 0 radical (unpaired) electrons. The Morgan fingerprint density at radius 2 is 2.00 bits per heavy atom. The first kappa shape index (κ1) is 32.1. The van der Waals surface area contributed by atoms with E-state index in [2.05, 4.69) is 20.6 Å². The fourth-order valence-corrected chi connectivity index (χ4v) is 5.63. The number of anilines is 1. The average molecular weight is 627 g/mol. The highest BCUT2D eigenvalue weighted by atomic mass is 35.5. The van der Waals surface area contributed by atoms with Crippen LogP contribution < -0.4 is 15.4 Å². The average Bonchev–Trinajstić information content (AvgIpc) is 3.33. The highest BCUT2D eigenvalue weighted by molar-refractivity contribution is 6.32. The fraction of sp³-hybridized carbons (Fsp3) is 0.469. The van der Waals surface area contributed by atoms with Crippen molar-refractivity contribution in [1.82, 2.24) is 25.1 Å². The minimum atomic E-state index is -1.01. The minimum Gasteiger partial charge on any atom is -0.492 e. The molecule has 1 fully saturated rings. The number of carbonyl (C=O) groups excluding carboxylic acids is 1. The molecule has 0 saturated carbocycles. The zero-order valence-electron chi connectivity index (χ0n) is 25.5. The summed E-state index contributed by atoms with van der Waals surface area (Å²) in [6.07, 6.45) is 2.32. The number of benzene rings is 2. The molecule has 3 atom stereocenters. The molecule has 236 valence electrons. The standard InChI is InChI=1S/C32H40ClFN6O4/c1-19(23-13-24(34)16-26(14-23)44-12-9-39(3)4)36-30(41)20(2)40-18-22-6-5-21(15-27(22)31(40)42)29-28(33)17-35-32(38-29)37-25-7-10-43-11-8-25/h5-6,13-17,19-20,25,31,42H,7-12,18H2,1-4H3,(H,36,41)(H,35,37,38)/t19-,20-,31?/m1/s1. The Balaban J connectivity index is 1.25. The first-order valence-corrected chi connectivity index (χ1v) is 15.3. The van der Waals surface area contributed by atoms with Crippen LogP contribution in [-0.4, -0.2) is 83.3 Å². The second-order valence-electron chi connectivity index (χ2n) is 11.7. The first-order chi connectivity index (χ1) is 21.1. The number of carbonyl (C=O) groups is 1. The van der Waals surface area contributed by atoms with Gasteiger partial charge in [0.15, 0.2) is 0 Å². The SMILES string of the molecule is C[C@H](C(=O)N[C@H](C)c1cc(F)cc(OCCN(C)C)c1)N1Cc2ccc(-c3nc(NC4CCOCC4)ncc3Cl)cc2C1O. The number of nitrogens with one attached hydrogen (secondary N) is 2. The Labute approximate surface area is 262 Å². The molecule has 0 aliphatic carbocycles. The Kier molecular flexibility index (Phi) is 10.3.